The molecule has 1 N–H and O–H groups in total. The van der Waals surface area contributed by atoms with Crippen LogP contribution in [0.3, 0.4) is 0 Å². The summed E-state index contributed by atoms with van der Waals surface area (Å²) in [6, 6.07) is 0. The quantitative estimate of drug-likeness (QED) is 0.759. The first kappa shape index (κ1) is 11.3. The number of hydrogen-bond acceptors (Lipinski definition) is 4. The Morgan fingerprint density at radius 1 is 1.00 bits per heavy atom. The lowest BCUT2D eigenvalue weighted by Gasteiger charge is -2.25. The van der Waals surface area contributed by atoms with Gasteiger partial charge in [-0.3, -0.25) is 0 Å². The van der Waals surface area contributed by atoms with Gasteiger partial charge in [-0.2, -0.15) is 0 Å². The molecule has 2 rings (SSSR count). The van der Waals surface area contributed by atoms with E-state index in [0.717, 1.165) is 32.5 Å². The molecule has 88 valence electrons. The van der Waals surface area contributed by atoms with E-state index in [1.807, 2.05) is 0 Å². The zero-order chi connectivity index (χ0) is 10.5. The van der Waals surface area contributed by atoms with Crippen LogP contribution in [0.5, 0.6) is 0 Å². The fourth-order valence-corrected chi connectivity index (χ4v) is 2.23. The van der Waals surface area contributed by atoms with Crippen molar-refractivity contribution in [1.29, 1.82) is 0 Å². The summed E-state index contributed by atoms with van der Waals surface area (Å²) in [5, 5.41) is 9.86. The van der Waals surface area contributed by atoms with Gasteiger partial charge in [0.1, 0.15) is 0 Å². The topological polar surface area (TPSA) is 47.9 Å². The zero-order valence-corrected chi connectivity index (χ0v) is 9.06. The lowest BCUT2D eigenvalue weighted by atomic mass is 9.92. The summed E-state index contributed by atoms with van der Waals surface area (Å²) in [6.07, 6.45) is 3.13. The van der Waals surface area contributed by atoms with Gasteiger partial charge < -0.3 is 19.3 Å². The molecule has 2 saturated heterocycles. The van der Waals surface area contributed by atoms with Crippen molar-refractivity contribution >= 4 is 0 Å². The molecule has 2 aliphatic rings. The predicted octanol–water partition coefficient (Wildman–Crippen LogP) is 0.927. The minimum Gasteiger partial charge on any atom is -0.393 e. The summed E-state index contributed by atoms with van der Waals surface area (Å²) >= 11 is 0. The molecule has 0 spiro atoms. The van der Waals surface area contributed by atoms with E-state index in [1.54, 1.807) is 0 Å². The highest BCUT2D eigenvalue weighted by Gasteiger charge is 2.23. The van der Waals surface area contributed by atoms with Crippen LogP contribution in [0.4, 0.5) is 0 Å². The van der Waals surface area contributed by atoms with Gasteiger partial charge in [0.05, 0.1) is 19.3 Å². The molecular weight excluding hydrogens is 196 g/mol. The van der Waals surface area contributed by atoms with Crippen molar-refractivity contribution in [2.45, 2.75) is 38.1 Å². The smallest absolute Gasteiger partial charge is 0.160 e. The van der Waals surface area contributed by atoms with Crippen LogP contribution in [-0.2, 0) is 14.2 Å². The van der Waals surface area contributed by atoms with Gasteiger partial charge in [-0.15, -0.1) is 0 Å². The average molecular weight is 216 g/mol. The number of hydrogen-bond donors (Lipinski definition) is 1. The van der Waals surface area contributed by atoms with Gasteiger partial charge in [0.2, 0.25) is 0 Å². The first-order chi connectivity index (χ1) is 7.34. The number of aliphatic hydroxyl groups excluding tert-OH is 1. The van der Waals surface area contributed by atoms with Gasteiger partial charge in [-0.05, 0) is 25.2 Å². The van der Waals surface area contributed by atoms with E-state index in [-0.39, 0.29) is 12.4 Å². The lowest BCUT2D eigenvalue weighted by molar-refractivity contribution is -0.0751. The molecule has 2 fully saturated rings. The third-order valence-corrected chi connectivity index (χ3v) is 3.10. The van der Waals surface area contributed by atoms with E-state index >= 15 is 0 Å². The van der Waals surface area contributed by atoms with E-state index in [1.165, 1.54) is 0 Å². The molecule has 0 aromatic heterocycles. The van der Waals surface area contributed by atoms with Crippen LogP contribution in [0, 0.1) is 5.92 Å². The van der Waals surface area contributed by atoms with Gasteiger partial charge in [-0.25, -0.2) is 0 Å². The highest BCUT2D eigenvalue weighted by Crippen LogP contribution is 2.23. The van der Waals surface area contributed by atoms with Gasteiger partial charge in [0, 0.05) is 19.6 Å². The van der Waals surface area contributed by atoms with Crippen LogP contribution in [-0.4, -0.2) is 43.9 Å². The molecule has 0 aliphatic carbocycles. The first-order valence-electron chi connectivity index (χ1n) is 5.83. The Hall–Kier alpha value is -0.160. The third kappa shape index (κ3) is 3.72. The van der Waals surface area contributed by atoms with Gasteiger partial charge in [0.15, 0.2) is 6.29 Å². The SMILES string of the molecule is OC(CC1CCOCC1)CC1OCCO1. The first-order valence-corrected chi connectivity index (χ1v) is 5.83. The minimum atomic E-state index is -0.295. The van der Waals surface area contributed by atoms with Gasteiger partial charge in [-0.1, -0.05) is 0 Å². The monoisotopic (exact) mass is 216 g/mol. The highest BCUT2D eigenvalue weighted by molar-refractivity contribution is 4.70. The summed E-state index contributed by atoms with van der Waals surface area (Å²) in [6.45, 7) is 3.00. The summed E-state index contributed by atoms with van der Waals surface area (Å²) < 4.78 is 15.9. The van der Waals surface area contributed by atoms with Crippen molar-refractivity contribution in [2.75, 3.05) is 26.4 Å². The fourth-order valence-electron chi connectivity index (χ4n) is 2.23. The van der Waals surface area contributed by atoms with Crippen molar-refractivity contribution in [3.05, 3.63) is 0 Å². The van der Waals surface area contributed by atoms with Crippen molar-refractivity contribution in [2.24, 2.45) is 5.92 Å². The predicted molar refractivity (Wildman–Crippen MR) is 54.5 cm³/mol. The van der Waals surface area contributed by atoms with Crippen LogP contribution in [0.25, 0.3) is 0 Å². The molecule has 2 heterocycles. The Kier molecular flexibility index (Phi) is 4.38. The molecular formula is C11H20O4. The second-order valence-electron chi connectivity index (χ2n) is 4.35. The molecule has 0 amide bonds. The molecule has 0 radical (unpaired) electrons. The van der Waals surface area contributed by atoms with Crippen molar-refractivity contribution < 1.29 is 19.3 Å². The largest absolute Gasteiger partial charge is 0.393 e. The molecule has 4 heteroatoms. The Balaban J connectivity index is 1.64. The Morgan fingerprint density at radius 3 is 2.33 bits per heavy atom. The minimum absolute atomic E-state index is 0.181. The third-order valence-electron chi connectivity index (χ3n) is 3.10. The normalized spacial score (nSPS) is 27.0. The summed E-state index contributed by atoms with van der Waals surface area (Å²) in [4.78, 5) is 0. The molecule has 15 heavy (non-hydrogen) atoms. The maximum atomic E-state index is 9.86. The average Bonchev–Trinajstić information content (AvgIpc) is 2.71. The van der Waals surface area contributed by atoms with Crippen LogP contribution in [0.15, 0.2) is 0 Å². The summed E-state index contributed by atoms with van der Waals surface area (Å²) in [7, 11) is 0. The molecule has 0 bridgehead atoms. The summed E-state index contributed by atoms with van der Waals surface area (Å²) in [5.74, 6) is 0.607. The molecule has 2 aliphatic heterocycles. The molecule has 0 aromatic carbocycles. The van der Waals surface area contributed by atoms with Crippen molar-refractivity contribution in [3.8, 4) is 0 Å². The van der Waals surface area contributed by atoms with Crippen LogP contribution >= 0.6 is 0 Å². The van der Waals surface area contributed by atoms with Gasteiger partial charge >= 0.3 is 0 Å². The highest BCUT2D eigenvalue weighted by atomic mass is 16.7. The van der Waals surface area contributed by atoms with Crippen LogP contribution < -0.4 is 0 Å². The molecule has 1 unspecified atom stereocenters. The zero-order valence-electron chi connectivity index (χ0n) is 9.06. The summed E-state index contributed by atoms with van der Waals surface area (Å²) in [5.41, 5.74) is 0. The molecule has 0 saturated carbocycles. The number of rotatable bonds is 4. The van der Waals surface area contributed by atoms with E-state index in [2.05, 4.69) is 0 Å². The maximum absolute atomic E-state index is 9.86. The van der Waals surface area contributed by atoms with Gasteiger partial charge in [0.25, 0.3) is 0 Å². The molecule has 1 atom stereocenters. The number of aliphatic hydroxyl groups is 1. The van der Waals surface area contributed by atoms with E-state index < -0.39 is 0 Å². The van der Waals surface area contributed by atoms with E-state index in [4.69, 9.17) is 14.2 Å². The lowest BCUT2D eigenvalue weighted by Crippen LogP contribution is -2.24. The Bertz CT molecular complexity index is 173. The maximum Gasteiger partial charge on any atom is 0.160 e. The second-order valence-corrected chi connectivity index (χ2v) is 4.35. The fraction of sp³-hybridized carbons (Fsp3) is 1.00. The molecule has 0 aromatic rings. The Morgan fingerprint density at radius 2 is 1.67 bits per heavy atom. The van der Waals surface area contributed by atoms with Crippen LogP contribution in [0.2, 0.25) is 0 Å². The van der Waals surface area contributed by atoms with Crippen LogP contribution in [0.1, 0.15) is 25.7 Å². The van der Waals surface area contributed by atoms with E-state index in [9.17, 15) is 5.11 Å². The van der Waals surface area contributed by atoms with Crippen molar-refractivity contribution in [1.82, 2.24) is 0 Å². The standard InChI is InChI=1S/C11H20O4/c12-10(8-11-14-5-6-15-11)7-9-1-3-13-4-2-9/h9-12H,1-8H2. The van der Waals surface area contributed by atoms with Crippen molar-refractivity contribution in [3.63, 3.8) is 0 Å². The number of ether oxygens (including phenoxy) is 3. The second kappa shape index (κ2) is 5.80. The Labute approximate surface area is 90.5 Å². The molecule has 4 nitrogen and oxygen atoms in total. The van der Waals surface area contributed by atoms with E-state index in [0.29, 0.717) is 25.6 Å².